The second kappa shape index (κ2) is 8.13. The number of likely N-dealkylation sites (N-methyl/N-ethyl adjacent to an activating group) is 1. The molecule has 1 atom stereocenters. The average Bonchev–Trinajstić information content (AvgIpc) is 3.15. The molecule has 0 radical (unpaired) electrons. The van der Waals surface area contributed by atoms with Crippen molar-refractivity contribution in [3.8, 4) is 0 Å². The first-order valence-electron chi connectivity index (χ1n) is 7.83. The molecule has 0 bridgehead atoms. The number of epoxide rings is 1. The largest absolute Gasteiger partial charge is 0.352 e. The summed E-state index contributed by atoms with van der Waals surface area (Å²) < 4.78 is 5.81. The van der Waals surface area contributed by atoms with E-state index in [1.54, 1.807) is 0 Å². The molecular weight excluding hydrogens is 224 g/mol. The zero-order chi connectivity index (χ0) is 13.4. The molecule has 3 nitrogen and oxygen atoms in total. The van der Waals surface area contributed by atoms with Crippen LogP contribution in [0.3, 0.4) is 0 Å². The van der Waals surface area contributed by atoms with Gasteiger partial charge in [0.25, 0.3) is 0 Å². The molecule has 18 heavy (non-hydrogen) atoms. The van der Waals surface area contributed by atoms with Gasteiger partial charge in [-0.1, -0.05) is 40.5 Å². The third-order valence-corrected chi connectivity index (χ3v) is 3.94. The first kappa shape index (κ1) is 15.9. The van der Waals surface area contributed by atoms with Crippen molar-refractivity contribution in [2.75, 3.05) is 39.3 Å². The highest BCUT2D eigenvalue weighted by Crippen LogP contribution is 2.32. The molecule has 0 aromatic rings. The number of hydrogen-bond acceptors (Lipinski definition) is 3. The predicted molar refractivity (Wildman–Crippen MR) is 77.9 cm³/mol. The molecule has 1 saturated heterocycles. The zero-order valence-electron chi connectivity index (χ0n) is 12.9. The van der Waals surface area contributed by atoms with Crippen molar-refractivity contribution in [2.45, 2.75) is 59.1 Å². The Kier molecular flexibility index (Phi) is 7.20. The van der Waals surface area contributed by atoms with Crippen LogP contribution in [0, 0.1) is 0 Å². The van der Waals surface area contributed by atoms with Crippen LogP contribution in [0.15, 0.2) is 0 Å². The van der Waals surface area contributed by atoms with Crippen LogP contribution in [0.2, 0.25) is 0 Å². The van der Waals surface area contributed by atoms with Crippen LogP contribution in [0.1, 0.15) is 53.4 Å². The molecule has 3 heteroatoms. The quantitative estimate of drug-likeness (QED) is 0.530. The standard InChI is InChI=1S/C15H32N2O/c1-5-9-11-16(12-10-6-2)13-15(14-18-15)17(7-3)8-4/h5-14H2,1-4H3. The summed E-state index contributed by atoms with van der Waals surface area (Å²) in [6.07, 6.45) is 5.17. The fraction of sp³-hybridized carbons (Fsp3) is 1.00. The number of rotatable bonds is 11. The van der Waals surface area contributed by atoms with E-state index in [-0.39, 0.29) is 5.72 Å². The van der Waals surface area contributed by atoms with Crippen LogP contribution in [-0.2, 0) is 4.74 Å². The monoisotopic (exact) mass is 256 g/mol. The fourth-order valence-corrected chi connectivity index (χ4v) is 2.64. The minimum absolute atomic E-state index is 0.0466. The number of ether oxygens (including phenoxy) is 1. The van der Waals surface area contributed by atoms with Crippen LogP contribution in [0.5, 0.6) is 0 Å². The van der Waals surface area contributed by atoms with Crippen molar-refractivity contribution in [1.82, 2.24) is 9.80 Å². The van der Waals surface area contributed by atoms with Crippen molar-refractivity contribution in [3.63, 3.8) is 0 Å². The SMILES string of the molecule is CCCCN(CCCC)CC1(N(CC)CC)CO1. The topological polar surface area (TPSA) is 19.0 Å². The summed E-state index contributed by atoms with van der Waals surface area (Å²) in [5, 5.41) is 0. The Morgan fingerprint density at radius 3 is 1.78 bits per heavy atom. The highest BCUT2D eigenvalue weighted by atomic mass is 16.6. The van der Waals surface area contributed by atoms with Crippen molar-refractivity contribution >= 4 is 0 Å². The van der Waals surface area contributed by atoms with Gasteiger partial charge in [-0.3, -0.25) is 9.80 Å². The molecule has 1 unspecified atom stereocenters. The Balaban J connectivity index is 2.47. The van der Waals surface area contributed by atoms with Crippen molar-refractivity contribution in [1.29, 1.82) is 0 Å². The van der Waals surface area contributed by atoms with Crippen LogP contribution >= 0.6 is 0 Å². The van der Waals surface area contributed by atoms with Crippen LogP contribution in [-0.4, -0.2) is 54.9 Å². The molecule has 0 aromatic heterocycles. The summed E-state index contributed by atoms with van der Waals surface area (Å²) in [7, 11) is 0. The van der Waals surface area contributed by atoms with E-state index in [2.05, 4.69) is 37.5 Å². The Bertz CT molecular complexity index is 205. The van der Waals surface area contributed by atoms with E-state index < -0.39 is 0 Å². The molecule has 0 aliphatic carbocycles. The van der Waals surface area contributed by atoms with E-state index >= 15 is 0 Å². The molecule has 1 fully saturated rings. The predicted octanol–water partition coefficient (Wildman–Crippen LogP) is 2.96. The fourth-order valence-electron chi connectivity index (χ4n) is 2.64. The molecule has 1 rings (SSSR count). The van der Waals surface area contributed by atoms with Crippen LogP contribution < -0.4 is 0 Å². The summed E-state index contributed by atoms with van der Waals surface area (Å²) in [5.74, 6) is 0. The van der Waals surface area contributed by atoms with Crippen molar-refractivity contribution in [2.24, 2.45) is 0 Å². The number of hydrogen-bond donors (Lipinski definition) is 0. The van der Waals surface area contributed by atoms with E-state index in [0.29, 0.717) is 0 Å². The van der Waals surface area contributed by atoms with Crippen molar-refractivity contribution in [3.05, 3.63) is 0 Å². The maximum Gasteiger partial charge on any atom is 0.158 e. The molecule has 0 N–H and O–H groups in total. The zero-order valence-corrected chi connectivity index (χ0v) is 12.9. The molecule has 0 saturated carbocycles. The van der Waals surface area contributed by atoms with Crippen LogP contribution in [0.4, 0.5) is 0 Å². The van der Waals surface area contributed by atoms with E-state index in [1.807, 2.05) is 0 Å². The first-order chi connectivity index (χ1) is 8.72. The summed E-state index contributed by atoms with van der Waals surface area (Å²) >= 11 is 0. The average molecular weight is 256 g/mol. The Morgan fingerprint density at radius 2 is 1.44 bits per heavy atom. The third kappa shape index (κ3) is 4.52. The lowest BCUT2D eigenvalue weighted by atomic mass is 10.2. The number of nitrogens with zero attached hydrogens (tertiary/aromatic N) is 2. The highest BCUT2D eigenvalue weighted by Gasteiger charge is 2.49. The van der Waals surface area contributed by atoms with Gasteiger partial charge in [0.15, 0.2) is 5.72 Å². The van der Waals surface area contributed by atoms with Gasteiger partial charge in [-0.2, -0.15) is 0 Å². The summed E-state index contributed by atoms with van der Waals surface area (Å²) in [6.45, 7) is 15.6. The van der Waals surface area contributed by atoms with E-state index in [0.717, 1.165) is 26.2 Å². The van der Waals surface area contributed by atoms with Gasteiger partial charge in [0.2, 0.25) is 0 Å². The lowest BCUT2D eigenvalue weighted by molar-refractivity contribution is 0.0480. The normalized spacial score (nSPS) is 23.0. The lowest BCUT2D eigenvalue weighted by Crippen LogP contribution is -2.47. The van der Waals surface area contributed by atoms with Gasteiger partial charge in [-0.25, -0.2) is 0 Å². The van der Waals surface area contributed by atoms with E-state index in [9.17, 15) is 0 Å². The van der Waals surface area contributed by atoms with Gasteiger partial charge < -0.3 is 4.74 Å². The maximum atomic E-state index is 5.81. The molecular formula is C15H32N2O. The third-order valence-electron chi connectivity index (χ3n) is 3.94. The smallest absolute Gasteiger partial charge is 0.158 e. The lowest BCUT2D eigenvalue weighted by Gasteiger charge is -2.32. The van der Waals surface area contributed by atoms with Gasteiger partial charge in [-0.15, -0.1) is 0 Å². The summed E-state index contributed by atoms with van der Waals surface area (Å²) in [4.78, 5) is 5.08. The number of unbranched alkanes of at least 4 members (excludes halogenated alkanes) is 2. The maximum absolute atomic E-state index is 5.81. The van der Waals surface area contributed by atoms with Gasteiger partial charge in [0.1, 0.15) is 0 Å². The van der Waals surface area contributed by atoms with Gasteiger partial charge in [-0.05, 0) is 39.0 Å². The molecule has 1 aliphatic heterocycles. The molecule has 108 valence electrons. The summed E-state index contributed by atoms with van der Waals surface area (Å²) in [5.41, 5.74) is 0.0466. The van der Waals surface area contributed by atoms with Crippen LogP contribution in [0.25, 0.3) is 0 Å². The van der Waals surface area contributed by atoms with Crippen molar-refractivity contribution < 1.29 is 4.74 Å². The molecule has 1 heterocycles. The van der Waals surface area contributed by atoms with Gasteiger partial charge in [0.05, 0.1) is 6.61 Å². The molecule has 1 aliphatic rings. The minimum Gasteiger partial charge on any atom is -0.352 e. The van der Waals surface area contributed by atoms with E-state index in [1.165, 1.54) is 38.8 Å². The second-order valence-corrected chi connectivity index (χ2v) is 5.39. The Labute approximate surface area is 113 Å². The first-order valence-corrected chi connectivity index (χ1v) is 7.83. The Hall–Kier alpha value is -0.120. The molecule has 0 amide bonds. The van der Waals surface area contributed by atoms with E-state index in [4.69, 9.17) is 4.74 Å². The second-order valence-electron chi connectivity index (χ2n) is 5.39. The highest BCUT2D eigenvalue weighted by molar-refractivity contribution is 4.94. The van der Waals surface area contributed by atoms with Gasteiger partial charge >= 0.3 is 0 Å². The Morgan fingerprint density at radius 1 is 0.944 bits per heavy atom. The molecule has 0 spiro atoms. The molecule has 0 aromatic carbocycles. The minimum atomic E-state index is 0.0466. The summed E-state index contributed by atoms with van der Waals surface area (Å²) in [6, 6.07) is 0. The van der Waals surface area contributed by atoms with Gasteiger partial charge in [0, 0.05) is 6.54 Å².